The fourth-order valence-electron chi connectivity index (χ4n) is 1.66. The molecule has 0 saturated heterocycles. The third-order valence-electron chi connectivity index (χ3n) is 2.60. The molecular formula is C13H9Cl2FN2O2. The maximum absolute atomic E-state index is 13.6. The number of aryl methyl sites for hydroxylation is 1. The van der Waals surface area contributed by atoms with E-state index in [1.807, 2.05) is 0 Å². The summed E-state index contributed by atoms with van der Waals surface area (Å²) in [5.41, 5.74) is 0.320. The van der Waals surface area contributed by atoms with Gasteiger partial charge in [0.1, 0.15) is 22.3 Å². The van der Waals surface area contributed by atoms with Crippen LogP contribution in [0.1, 0.15) is 15.9 Å². The van der Waals surface area contributed by atoms with Crippen molar-refractivity contribution in [1.29, 1.82) is 0 Å². The number of rotatable bonds is 2. The number of halogens is 3. The van der Waals surface area contributed by atoms with Gasteiger partial charge < -0.3 is 10.4 Å². The second kappa shape index (κ2) is 5.64. The van der Waals surface area contributed by atoms with Crippen molar-refractivity contribution < 1.29 is 14.3 Å². The van der Waals surface area contributed by atoms with E-state index in [2.05, 4.69) is 10.3 Å². The van der Waals surface area contributed by atoms with Gasteiger partial charge in [0.15, 0.2) is 5.15 Å². The summed E-state index contributed by atoms with van der Waals surface area (Å²) in [6, 6.07) is 5.09. The van der Waals surface area contributed by atoms with Gasteiger partial charge in [0, 0.05) is 0 Å². The topological polar surface area (TPSA) is 62.2 Å². The molecule has 20 heavy (non-hydrogen) atoms. The molecule has 2 rings (SSSR count). The molecule has 0 aliphatic carbocycles. The largest absolute Gasteiger partial charge is 0.507 e. The number of carbonyl (C=O) groups is 1. The highest BCUT2D eigenvalue weighted by Gasteiger charge is 2.19. The highest BCUT2D eigenvalue weighted by atomic mass is 35.5. The summed E-state index contributed by atoms with van der Waals surface area (Å²) < 4.78 is 13.6. The maximum Gasteiger partial charge on any atom is 0.262 e. The number of nitrogens with zero attached hydrogens (tertiary/aromatic N) is 1. The average molecular weight is 315 g/mol. The minimum Gasteiger partial charge on any atom is -0.507 e. The molecule has 0 aliphatic rings. The summed E-state index contributed by atoms with van der Waals surface area (Å²) >= 11 is 11.6. The zero-order valence-electron chi connectivity index (χ0n) is 10.2. The number of phenols is 1. The molecule has 1 aromatic heterocycles. The van der Waals surface area contributed by atoms with Gasteiger partial charge in [0.2, 0.25) is 0 Å². The highest BCUT2D eigenvalue weighted by molar-refractivity contribution is 6.35. The number of aromatic nitrogens is 1. The summed E-state index contributed by atoms with van der Waals surface area (Å²) in [5.74, 6) is -2.12. The molecular weight excluding hydrogens is 306 g/mol. The SMILES string of the molecule is Cc1cc(Cl)nc(Cl)c1NC(=O)c1c(O)cccc1F. The number of carbonyl (C=O) groups excluding carboxylic acids is 1. The molecule has 0 aliphatic heterocycles. The standard InChI is InChI=1S/C13H9Cl2FN2O2/c1-6-5-9(14)17-12(15)11(6)18-13(20)10-7(16)3-2-4-8(10)19/h2-5,19H,1H3,(H,18,20). The van der Waals surface area contributed by atoms with Gasteiger partial charge in [-0.3, -0.25) is 4.79 Å². The number of pyridine rings is 1. The molecule has 0 saturated carbocycles. The molecule has 1 heterocycles. The van der Waals surface area contributed by atoms with Crippen LogP contribution in [0.3, 0.4) is 0 Å². The Hall–Kier alpha value is -1.85. The number of aromatic hydroxyl groups is 1. The van der Waals surface area contributed by atoms with Crippen molar-refractivity contribution in [3.63, 3.8) is 0 Å². The van der Waals surface area contributed by atoms with Crippen molar-refractivity contribution >= 4 is 34.8 Å². The molecule has 1 amide bonds. The Labute approximate surface area is 124 Å². The van der Waals surface area contributed by atoms with Crippen LogP contribution in [0.25, 0.3) is 0 Å². The van der Waals surface area contributed by atoms with Crippen molar-refractivity contribution in [3.05, 3.63) is 51.5 Å². The average Bonchev–Trinajstić information content (AvgIpc) is 2.33. The van der Waals surface area contributed by atoms with Gasteiger partial charge in [-0.1, -0.05) is 29.3 Å². The van der Waals surface area contributed by atoms with Gasteiger partial charge in [0.05, 0.1) is 5.69 Å². The van der Waals surface area contributed by atoms with Crippen molar-refractivity contribution in [3.8, 4) is 5.75 Å². The molecule has 0 bridgehead atoms. The van der Waals surface area contributed by atoms with Crippen molar-refractivity contribution in [1.82, 2.24) is 4.98 Å². The first-order valence-corrected chi connectivity index (χ1v) is 6.27. The highest BCUT2D eigenvalue weighted by Crippen LogP contribution is 2.28. The first-order valence-electron chi connectivity index (χ1n) is 5.51. The van der Waals surface area contributed by atoms with E-state index in [1.165, 1.54) is 18.2 Å². The summed E-state index contributed by atoms with van der Waals surface area (Å²) in [6.07, 6.45) is 0. The third kappa shape index (κ3) is 2.84. The number of amides is 1. The van der Waals surface area contributed by atoms with Crippen LogP contribution in [0, 0.1) is 12.7 Å². The van der Waals surface area contributed by atoms with E-state index in [4.69, 9.17) is 23.2 Å². The summed E-state index contributed by atoms with van der Waals surface area (Å²) in [6.45, 7) is 1.66. The minimum atomic E-state index is -0.835. The van der Waals surface area contributed by atoms with E-state index >= 15 is 0 Å². The first-order chi connectivity index (χ1) is 9.40. The predicted octanol–water partition coefficient (Wildman–Crippen LogP) is 3.79. The predicted molar refractivity (Wildman–Crippen MR) is 75.0 cm³/mol. The summed E-state index contributed by atoms with van der Waals surface area (Å²) in [7, 11) is 0. The Morgan fingerprint density at radius 3 is 2.70 bits per heavy atom. The molecule has 0 fully saturated rings. The van der Waals surface area contributed by atoms with Crippen LogP contribution in [-0.4, -0.2) is 16.0 Å². The molecule has 0 spiro atoms. The zero-order valence-corrected chi connectivity index (χ0v) is 11.8. The second-order valence-electron chi connectivity index (χ2n) is 4.02. The minimum absolute atomic E-state index is 0.0146. The molecule has 1 aromatic carbocycles. The van der Waals surface area contributed by atoms with Crippen LogP contribution in [0.5, 0.6) is 5.75 Å². The molecule has 0 atom stereocenters. The van der Waals surface area contributed by atoms with E-state index in [-0.39, 0.29) is 16.0 Å². The smallest absolute Gasteiger partial charge is 0.262 e. The van der Waals surface area contributed by atoms with Crippen molar-refractivity contribution in [2.75, 3.05) is 5.32 Å². The van der Waals surface area contributed by atoms with Crippen LogP contribution in [-0.2, 0) is 0 Å². The first kappa shape index (κ1) is 14.6. The molecule has 0 unspecified atom stereocenters. The van der Waals surface area contributed by atoms with Crippen LogP contribution in [0.15, 0.2) is 24.3 Å². The molecule has 0 radical (unpaired) electrons. The van der Waals surface area contributed by atoms with Crippen molar-refractivity contribution in [2.45, 2.75) is 6.92 Å². The zero-order chi connectivity index (χ0) is 14.9. The Kier molecular flexibility index (Phi) is 4.11. The van der Waals surface area contributed by atoms with Gasteiger partial charge in [-0.05, 0) is 30.7 Å². The molecule has 7 heteroatoms. The van der Waals surface area contributed by atoms with Crippen LogP contribution >= 0.6 is 23.2 Å². The third-order valence-corrected chi connectivity index (χ3v) is 3.07. The molecule has 4 nitrogen and oxygen atoms in total. The molecule has 104 valence electrons. The number of hydrogen-bond donors (Lipinski definition) is 2. The number of nitrogens with one attached hydrogen (secondary N) is 1. The normalized spacial score (nSPS) is 10.4. The van der Waals surface area contributed by atoms with Gasteiger partial charge in [-0.2, -0.15) is 0 Å². The maximum atomic E-state index is 13.6. The molecule has 2 N–H and O–H groups in total. The van der Waals surface area contributed by atoms with E-state index < -0.39 is 23.0 Å². The Bertz CT molecular complexity index is 649. The van der Waals surface area contributed by atoms with E-state index in [0.717, 1.165) is 6.07 Å². The van der Waals surface area contributed by atoms with Crippen LogP contribution < -0.4 is 5.32 Å². The lowest BCUT2D eigenvalue weighted by molar-refractivity contribution is 0.102. The summed E-state index contributed by atoms with van der Waals surface area (Å²) in [4.78, 5) is 15.8. The number of benzene rings is 1. The van der Waals surface area contributed by atoms with Crippen molar-refractivity contribution in [2.24, 2.45) is 0 Å². The van der Waals surface area contributed by atoms with Gasteiger partial charge >= 0.3 is 0 Å². The quantitative estimate of drug-likeness (QED) is 0.829. The Balaban J connectivity index is 2.38. The van der Waals surface area contributed by atoms with E-state index in [1.54, 1.807) is 6.92 Å². The second-order valence-corrected chi connectivity index (χ2v) is 4.76. The van der Waals surface area contributed by atoms with Gasteiger partial charge in [0.25, 0.3) is 5.91 Å². The van der Waals surface area contributed by atoms with Gasteiger partial charge in [-0.15, -0.1) is 0 Å². The van der Waals surface area contributed by atoms with Crippen LogP contribution in [0.2, 0.25) is 10.3 Å². The number of phenolic OH excluding ortho intramolecular Hbond substituents is 1. The van der Waals surface area contributed by atoms with Gasteiger partial charge in [-0.25, -0.2) is 9.37 Å². The fraction of sp³-hybridized carbons (Fsp3) is 0.0769. The number of hydrogen-bond acceptors (Lipinski definition) is 3. The van der Waals surface area contributed by atoms with Crippen LogP contribution in [0.4, 0.5) is 10.1 Å². The Morgan fingerprint density at radius 1 is 1.40 bits per heavy atom. The van der Waals surface area contributed by atoms with E-state index in [9.17, 15) is 14.3 Å². The van der Waals surface area contributed by atoms with E-state index in [0.29, 0.717) is 5.56 Å². The lowest BCUT2D eigenvalue weighted by Crippen LogP contribution is -2.15. The number of anilines is 1. The molecule has 2 aromatic rings. The lowest BCUT2D eigenvalue weighted by atomic mass is 10.1. The lowest BCUT2D eigenvalue weighted by Gasteiger charge is -2.11. The monoisotopic (exact) mass is 314 g/mol. The fourth-order valence-corrected chi connectivity index (χ4v) is 2.24. The summed E-state index contributed by atoms with van der Waals surface area (Å²) in [5, 5.41) is 12.1. The Morgan fingerprint density at radius 2 is 2.10 bits per heavy atom.